The zero-order valence-electron chi connectivity index (χ0n) is 17.4. The third-order valence-corrected chi connectivity index (χ3v) is 7.14. The van der Waals surface area contributed by atoms with E-state index in [9.17, 15) is 18.0 Å². The number of hydrogen-bond acceptors (Lipinski definition) is 5. The summed E-state index contributed by atoms with van der Waals surface area (Å²) in [5.41, 5.74) is 1.71. The van der Waals surface area contributed by atoms with Gasteiger partial charge in [0, 0.05) is 19.1 Å². The zero-order valence-corrected chi connectivity index (χ0v) is 18.2. The Balaban J connectivity index is 1.81. The molecule has 0 unspecified atom stereocenters. The van der Waals surface area contributed by atoms with Gasteiger partial charge in [-0.05, 0) is 57.0 Å². The highest BCUT2D eigenvalue weighted by atomic mass is 32.2. The number of para-hydroxylation sites is 1. The van der Waals surface area contributed by atoms with Crippen LogP contribution in [0.3, 0.4) is 0 Å². The van der Waals surface area contributed by atoms with Gasteiger partial charge in [0.2, 0.25) is 0 Å². The number of nitrogens with zero attached hydrogens (tertiary/aromatic N) is 2. The lowest BCUT2D eigenvalue weighted by Crippen LogP contribution is -2.36. The first-order valence-corrected chi connectivity index (χ1v) is 11.4. The maximum absolute atomic E-state index is 13.3. The van der Waals surface area contributed by atoms with E-state index in [0.717, 1.165) is 5.56 Å². The summed E-state index contributed by atoms with van der Waals surface area (Å²) in [6, 6.07) is 12.9. The highest BCUT2D eigenvalue weighted by molar-refractivity contribution is 7.92. The summed E-state index contributed by atoms with van der Waals surface area (Å²) in [5, 5.41) is 0. The third-order valence-electron chi connectivity index (χ3n) is 5.21. The quantitative estimate of drug-likeness (QED) is 0.631. The fraction of sp³-hybridized carbons (Fsp3) is 0.364. The standard InChI is InChI=1S/C22H26N2O5S/c1-4-23(5-2)21(25)15-29-22(26)18-10-8-11-19(14-18)30(27,28)24-16(3)13-17-9-6-7-12-20(17)24/h6-12,14,16H,4-5,13,15H2,1-3H3/t16-/m1/s1. The summed E-state index contributed by atoms with van der Waals surface area (Å²) >= 11 is 0. The lowest BCUT2D eigenvalue weighted by molar-refractivity contribution is -0.134. The zero-order chi connectivity index (χ0) is 21.9. The molecule has 7 nitrogen and oxygen atoms in total. The minimum absolute atomic E-state index is 0.00979. The molecule has 2 aromatic carbocycles. The van der Waals surface area contributed by atoms with Crippen LogP contribution in [-0.2, 0) is 26.0 Å². The van der Waals surface area contributed by atoms with Crippen molar-refractivity contribution in [3.63, 3.8) is 0 Å². The molecule has 1 aliphatic heterocycles. The first kappa shape index (κ1) is 21.8. The summed E-state index contributed by atoms with van der Waals surface area (Å²) in [6.45, 7) is 6.21. The monoisotopic (exact) mass is 430 g/mol. The Morgan fingerprint density at radius 1 is 1.10 bits per heavy atom. The fourth-order valence-electron chi connectivity index (χ4n) is 3.68. The Labute approximate surface area is 177 Å². The summed E-state index contributed by atoms with van der Waals surface area (Å²) in [5.74, 6) is -1.03. The van der Waals surface area contributed by atoms with Gasteiger partial charge in [0.05, 0.1) is 16.1 Å². The van der Waals surface area contributed by atoms with Crippen LogP contribution in [0.4, 0.5) is 5.69 Å². The van der Waals surface area contributed by atoms with E-state index in [1.54, 1.807) is 17.0 Å². The molecular formula is C22H26N2O5S. The average Bonchev–Trinajstić information content (AvgIpc) is 3.09. The lowest BCUT2D eigenvalue weighted by Gasteiger charge is -2.24. The van der Waals surface area contributed by atoms with Gasteiger partial charge in [-0.25, -0.2) is 13.2 Å². The maximum Gasteiger partial charge on any atom is 0.338 e. The van der Waals surface area contributed by atoms with Crippen LogP contribution in [-0.4, -0.2) is 50.9 Å². The van der Waals surface area contributed by atoms with Crippen LogP contribution >= 0.6 is 0 Å². The largest absolute Gasteiger partial charge is 0.452 e. The number of sulfonamides is 1. The van der Waals surface area contributed by atoms with Gasteiger partial charge in [-0.2, -0.15) is 0 Å². The van der Waals surface area contributed by atoms with E-state index in [1.807, 2.05) is 32.9 Å². The van der Waals surface area contributed by atoms with E-state index in [2.05, 4.69) is 0 Å². The van der Waals surface area contributed by atoms with Crippen LogP contribution in [0.5, 0.6) is 0 Å². The number of fused-ring (bicyclic) bond motifs is 1. The number of carbonyl (C=O) groups is 2. The van der Waals surface area contributed by atoms with E-state index in [4.69, 9.17) is 4.74 Å². The first-order chi connectivity index (χ1) is 14.3. The second-order valence-corrected chi connectivity index (χ2v) is 8.97. The molecule has 1 amide bonds. The van der Waals surface area contributed by atoms with Gasteiger partial charge in [-0.1, -0.05) is 24.3 Å². The number of amides is 1. The summed E-state index contributed by atoms with van der Waals surface area (Å²) in [4.78, 5) is 26.0. The molecule has 8 heteroatoms. The molecule has 1 atom stereocenters. The Kier molecular flexibility index (Phi) is 6.45. The SMILES string of the molecule is CCN(CC)C(=O)COC(=O)c1cccc(S(=O)(=O)N2c3ccccc3C[C@H]2C)c1. The number of ether oxygens (including phenoxy) is 1. The molecule has 30 heavy (non-hydrogen) atoms. The molecule has 0 radical (unpaired) electrons. The molecule has 0 saturated heterocycles. The van der Waals surface area contributed by atoms with E-state index in [-0.39, 0.29) is 29.0 Å². The first-order valence-electron chi connectivity index (χ1n) is 9.96. The maximum atomic E-state index is 13.3. The number of hydrogen-bond donors (Lipinski definition) is 0. The third kappa shape index (κ3) is 4.18. The molecule has 0 fully saturated rings. The van der Waals surface area contributed by atoms with Gasteiger partial charge >= 0.3 is 5.97 Å². The van der Waals surface area contributed by atoms with Crippen LogP contribution in [0.25, 0.3) is 0 Å². The van der Waals surface area contributed by atoms with Crippen molar-refractivity contribution >= 4 is 27.6 Å². The minimum Gasteiger partial charge on any atom is -0.452 e. The van der Waals surface area contributed by atoms with Crippen molar-refractivity contribution in [2.24, 2.45) is 0 Å². The van der Waals surface area contributed by atoms with E-state index < -0.39 is 16.0 Å². The second kappa shape index (κ2) is 8.87. The van der Waals surface area contributed by atoms with E-state index in [0.29, 0.717) is 25.2 Å². The summed E-state index contributed by atoms with van der Waals surface area (Å²) in [6.07, 6.45) is 0.630. The van der Waals surface area contributed by atoms with Crippen molar-refractivity contribution in [1.82, 2.24) is 4.90 Å². The molecule has 3 rings (SSSR count). The van der Waals surface area contributed by atoms with Crippen molar-refractivity contribution < 1.29 is 22.7 Å². The van der Waals surface area contributed by atoms with Crippen molar-refractivity contribution in [1.29, 1.82) is 0 Å². The van der Waals surface area contributed by atoms with Crippen LogP contribution in [0.15, 0.2) is 53.4 Å². The smallest absolute Gasteiger partial charge is 0.338 e. The molecule has 0 aromatic heterocycles. The molecule has 0 N–H and O–H groups in total. The number of benzene rings is 2. The van der Waals surface area contributed by atoms with Crippen molar-refractivity contribution in [2.75, 3.05) is 24.0 Å². The summed E-state index contributed by atoms with van der Waals surface area (Å²) in [7, 11) is -3.86. The summed E-state index contributed by atoms with van der Waals surface area (Å²) < 4.78 is 33.2. The molecule has 0 saturated carbocycles. The molecular weight excluding hydrogens is 404 g/mol. The molecule has 1 heterocycles. The Morgan fingerprint density at radius 2 is 1.80 bits per heavy atom. The normalized spacial score (nSPS) is 15.6. The van der Waals surface area contributed by atoms with Gasteiger partial charge in [0.15, 0.2) is 6.61 Å². The van der Waals surface area contributed by atoms with Crippen LogP contribution < -0.4 is 4.31 Å². The van der Waals surface area contributed by atoms with Crippen molar-refractivity contribution in [2.45, 2.75) is 38.1 Å². The van der Waals surface area contributed by atoms with Crippen molar-refractivity contribution in [3.8, 4) is 0 Å². The Hall–Kier alpha value is -2.87. The highest BCUT2D eigenvalue weighted by Crippen LogP contribution is 2.36. The van der Waals surface area contributed by atoms with Crippen LogP contribution in [0.1, 0.15) is 36.7 Å². The van der Waals surface area contributed by atoms with Gasteiger partial charge in [-0.3, -0.25) is 9.10 Å². The van der Waals surface area contributed by atoms with Crippen LogP contribution in [0, 0.1) is 0 Å². The number of esters is 1. The molecule has 1 aliphatic rings. The van der Waals surface area contributed by atoms with Crippen LogP contribution in [0.2, 0.25) is 0 Å². The highest BCUT2D eigenvalue weighted by Gasteiger charge is 2.36. The molecule has 2 aromatic rings. The number of likely N-dealkylation sites (N-methyl/N-ethyl adjacent to an activating group) is 1. The lowest BCUT2D eigenvalue weighted by atomic mass is 10.1. The Bertz CT molecular complexity index is 1050. The van der Waals surface area contributed by atoms with Gasteiger partial charge in [-0.15, -0.1) is 0 Å². The predicted octanol–water partition coefficient (Wildman–Crippen LogP) is 2.85. The fourth-order valence-corrected chi connectivity index (χ4v) is 5.42. The minimum atomic E-state index is -3.86. The number of rotatable bonds is 7. The van der Waals surface area contributed by atoms with E-state index >= 15 is 0 Å². The van der Waals surface area contributed by atoms with Crippen molar-refractivity contribution in [3.05, 3.63) is 59.7 Å². The Morgan fingerprint density at radius 3 is 2.50 bits per heavy atom. The topological polar surface area (TPSA) is 84.0 Å². The second-order valence-electron chi connectivity index (χ2n) is 7.15. The van der Waals surface area contributed by atoms with Gasteiger partial charge in [0.1, 0.15) is 0 Å². The molecule has 0 spiro atoms. The predicted molar refractivity (Wildman–Crippen MR) is 114 cm³/mol. The number of anilines is 1. The molecule has 160 valence electrons. The average molecular weight is 431 g/mol. The van der Waals surface area contributed by atoms with Gasteiger partial charge in [0.25, 0.3) is 15.9 Å². The van der Waals surface area contributed by atoms with E-state index in [1.165, 1.54) is 28.6 Å². The number of carbonyl (C=O) groups excluding carboxylic acids is 2. The molecule has 0 aliphatic carbocycles. The van der Waals surface area contributed by atoms with Gasteiger partial charge < -0.3 is 9.64 Å². The molecule has 0 bridgehead atoms.